The van der Waals surface area contributed by atoms with Gasteiger partial charge in [0.15, 0.2) is 11.5 Å². The van der Waals surface area contributed by atoms with Crippen LogP contribution in [0, 0.1) is 18.6 Å². The van der Waals surface area contributed by atoms with Gasteiger partial charge in [-0.25, -0.2) is 18.6 Å². The van der Waals surface area contributed by atoms with Crippen LogP contribution in [0.1, 0.15) is 16.1 Å². The zero-order chi connectivity index (χ0) is 16.6. The van der Waals surface area contributed by atoms with E-state index in [1.807, 2.05) is 0 Å². The van der Waals surface area contributed by atoms with Crippen molar-refractivity contribution in [3.05, 3.63) is 45.1 Å². The quantitative estimate of drug-likeness (QED) is 0.834. The van der Waals surface area contributed by atoms with Crippen molar-refractivity contribution in [3.8, 4) is 11.3 Å². The fourth-order valence-corrected chi connectivity index (χ4v) is 2.29. The minimum Gasteiger partial charge on any atom is -0.464 e. The molecule has 0 aliphatic carbocycles. The third-order valence-corrected chi connectivity index (χ3v) is 3.76. The predicted octanol–water partition coefficient (Wildman–Crippen LogP) is 4.01. The summed E-state index contributed by atoms with van der Waals surface area (Å²) in [5.74, 6) is -2.55. The molecule has 0 bridgehead atoms. The molecule has 1 aromatic carbocycles. The fraction of sp³-hybridized carbons (Fsp3) is 0.143. The Balaban J connectivity index is 2.79. The number of nitrogen functional groups attached to an aromatic ring is 1. The number of hydrogen-bond acceptors (Lipinski definition) is 4. The van der Waals surface area contributed by atoms with Gasteiger partial charge < -0.3 is 10.5 Å². The van der Waals surface area contributed by atoms with E-state index in [1.165, 1.54) is 19.1 Å². The molecule has 0 aliphatic heterocycles. The highest BCUT2D eigenvalue weighted by molar-refractivity contribution is 6.35. The number of rotatable bonds is 2. The van der Waals surface area contributed by atoms with Crippen LogP contribution in [-0.4, -0.2) is 18.1 Å². The summed E-state index contributed by atoms with van der Waals surface area (Å²) in [5.41, 5.74) is 4.59. The second kappa shape index (κ2) is 6.06. The Labute approximate surface area is 134 Å². The minimum atomic E-state index is -0.956. The first kappa shape index (κ1) is 16.5. The molecule has 0 atom stereocenters. The van der Waals surface area contributed by atoms with Crippen LogP contribution in [-0.2, 0) is 4.74 Å². The summed E-state index contributed by atoms with van der Waals surface area (Å²) in [4.78, 5) is 15.5. The van der Waals surface area contributed by atoms with E-state index in [4.69, 9.17) is 28.9 Å². The molecule has 0 saturated heterocycles. The molecule has 2 aromatic rings. The molecule has 0 saturated carbocycles. The number of carbonyl (C=O) groups is 1. The van der Waals surface area contributed by atoms with Crippen LogP contribution >= 0.6 is 23.2 Å². The van der Waals surface area contributed by atoms with Crippen molar-refractivity contribution in [2.45, 2.75) is 6.92 Å². The number of aromatic nitrogens is 1. The standard InChI is InChI=1S/C14H10Cl2F2N2O2/c1-5-6(3-4-7(15)9(5)17)12-10(18)11(19)8(16)13(20-12)14(21)22-2/h3-4H,1-2H3,(H2,19,20). The SMILES string of the molecule is COC(=O)c1nc(-c2ccc(Cl)c(F)c2C)c(F)c(N)c1Cl. The molecule has 1 heterocycles. The summed E-state index contributed by atoms with van der Waals surface area (Å²) in [6, 6.07) is 2.63. The van der Waals surface area contributed by atoms with Gasteiger partial charge in [-0.15, -0.1) is 0 Å². The number of pyridine rings is 1. The van der Waals surface area contributed by atoms with Crippen molar-refractivity contribution in [3.63, 3.8) is 0 Å². The van der Waals surface area contributed by atoms with Crippen molar-refractivity contribution in [2.24, 2.45) is 0 Å². The lowest BCUT2D eigenvalue weighted by Gasteiger charge is -2.13. The summed E-state index contributed by atoms with van der Waals surface area (Å²) >= 11 is 11.5. The van der Waals surface area contributed by atoms with Gasteiger partial charge in [0, 0.05) is 5.56 Å². The van der Waals surface area contributed by atoms with Crippen molar-refractivity contribution in [1.29, 1.82) is 0 Å². The molecule has 2 N–H and O–H groups in total. The summed E-state index contributed by atoms with van der Waals surface area (Å²) in [6.07, 6.45) is 0. The topological polar surface area (TPSA) is 65.2 Å². The molecule has 0 fully saturated rings. The number of nitrogens with two attached hydrogens (primary N) is 1. The Morgan fingerprint density at radius 1 is 1.27 bits per heavy atom. The van der Waals surface area contributed by atoms with Crippen molar-refractivity contribution in [1.82, 2.24) is 4.98 Å². The van der Waals surface area contributed by atoms with Crippen molar-refractivity contribution in [2.75, 3.05) is 12.8 Å². The molecule has 0 aliphatic rings. The monoisotopic (exact) mass is 346 g/mol. The molecule has 0 spiro atoms. The van der Waals surface area contributed by atoms with Gasteiger partial charge in [0.1, 0.15) is 11.5 Å². The van der Waals surface area contributed by atoms with E-state index in [0.717, 1.165) is 7.11 Å². The summed E-state index contributed by atoms with van der Waals surface area (Å²) in [6.45, 7) is 1.40. The number of hydrogen-bond donors (Lipinski definition) is 1. The Bertz CT molecular complexity index is 782. The van der Waals surface area contributed by atoms with Gasteiger partial charge in [0.2, 0.25) is 0 Å². The first-order valence-corrected chi connectivity index (χ1v) is 6.72. The lowest BCUT2D eigenvalue weighted by molar-refractivity contribution is 0.0594. The molecule has 2 rings (SSSR count). The van der Waals surface area contributed by atoms with Gasteiger partial charge >= 0.3 is 5.97 Å². The maximum Gasteiger partial charge on any atom is 0.358 e. The summed E-state index contributed by atoms with van der Waals surface area (Å²) < 4.78 is 32.7. The Hall–Kier alpha value is -1.92. The Kier molecular flexibility index (Phi) is 4.53. The van der Waals surface area contributed by atoms with Crippen LogP contribution in [0.25, 0.3) is 11.3 Å². The molecule has 8 heteroatoms. The zero-order valence-corrected chi connectivity index (χ0v) is 13.0. The number of halogens is 4. The summed E-state index contributed by atoms with van der Waals surface area (Å²) in [5, 5.41) is -0.475. The molecule has 116 valence electrons. The maximum absolute atomic E-state index is 14.3. The van der Waals surface area contributed by atoms with Crippen LogP contribution < -0.4 is 5.73 Å². The van der Waals surface area contributed by atoms with E-state index in [-0.39, 0.29) is 32.6 Å². The second-order valence-electron chi connectivity index (χ2n) is 4.38. The average molecular weight is 347 g/mol. The molecule has 0 radical (unpaired) electrons. The third kappa shape index (κ3) is 2.60. The smallest absolute Gasteiger partial charge is 0.358 e. The fourth-order valence-electron chi connectivity index (χ4n) is 1.88. The average Bonchev–Trinajstić information content (AvgIpc) is 2.51. The van der Waals surface area contributed by atoms with Crippen LogP contribution in [0.4, 0.5) is 14.5 Å². The van der Waals surface area contributed by atoms with Gasteiger partial charge in [-0.05, 0) is 18.6 Å². The highest BCUT2D eigenvalue weighted by Gasteiger charge is 2.24. The number of methoxy groups -OCH3 is 1. The van der Waals surface area contributed by atoms with E-state index in [2.05, 4.69) is 9.72 Å². The lowest BCUT2D eigenvalue weighted by atomic mass is 10.0. The van der Waals surface area contributed by atoms with Gasteiger partial charge in [0.05, 0.1) is 22.8 Å². The number of carbonyl (C=O) groups excluding carboxylic acids is 1. The molecule has 4 nitrogen and oxygen atoms in total. The zero-order valence-electron chi connectivity index (χ0n) is 11.5. The lowest BCUT2D eigenvalue weighted by Crippen LogP contribution is -2.10. The van der Waals surface area contributed by atoms with Crippen LogP contribution in [0.2, 0.25) is 10.0 Å². The van der Waals surface area contributed by atoms with E-state index >= 15 is 0 Å². The number of nitrogens with zero attached hydrogens (tertiary/aromatic N) is 1. The number of esters is 1. The molecule has 0 amide bonds. The molecular formula is C14H10Cl2F2N2O2. The normalized spacial score (nSPS) is 10.6. The molecule has 0 unspecified atom stereocenters. The van der Waals surface area contributed by atoms with Crippen LogP contribution in [0.15, 0.2) is 12.1 Å². The highest BCUT2D eigenvalue weighted by atomic mass is 35.5. The number of anilines is 1. The van der Waals surface area contributed by atoms with Gasteiger partial charge in [0.25, 0.3) is 0 Å². The van der Waals surface area contributed by atoms with Gasteiger partial charge in [-0.2, -0.15) is 0 Å². The molecular weight excluding hydrogens is 337 g/mol. The molecule has 1 aromatic heterocycles. The number of benzene rings is 1. The summed E-state index contributed by atoms with van der Waals surface area (Å²) in [7, 11) is 1.12. The van der Waals surface area contributed by atoms with E-state index in [0.29, 0.717) is 0 Å². The van der Waals surface area contributed by atoms with Crippen LogP contribution in [0.5, 0.6) is 0 Å². The molecule has 22 heavy (non-hydrogen) atoms. The van der Waals surface area contributed by atoms with E-state index < -0.39 is 23.3 Å². The van der Waals surface area contributed by atoms with Gasteiger partial charge in [-0.3, -0.25) is 0 Å². The van der Waals surface area contributed by atoms with Gasteiger partial charge in [-0.1, -0.05) is 29.3 Å². The maximum atomic E-state index is 14.3. The van der Waals surface area contributed by atoms with Crippen LogP contribution in [0.3, 0.4) is 0 Å². The second-order valence-corrected chi connectivity index (χ2v) is 5.16. The minimum absolute atomic E-state index is 0.0661. The number of ether oxygens (including phenoxy) is 1. The predicted molar refractivity (Wildman–Crippen MR) is 80.1 cm³/mol. The van der Waals surface area contributed by atoms with E-state index in [9.17, 15) is 13.6 Å². The highest BCUT2D eigenvalue weighted by Crippen LogP contribution is 2.35. The third-order valence-electron chi connectivity index (χ3n) is 3.09. The van der Waals surface area contributed by atoms with Crippen molar-refractivity contribution >= 4 is 34.9 Å². The largest absolute Gasteiger partial charge is 0.464 e. The Morgan fingerprint density at radius 3 is 2.50 bits per heavy atom. The first-order valence-electron chi connectivity index (χ1n) is 5.97. The first-order chi connectivity index (χ1) is 10.3. The van der Waals surface area contributed by atoms with Crippen molar-refractivity contribution < 1.29 is 18.3 Å². The van der Waals surface area contributed by atoms with E-state index in [1.54, 1.807) is 0 Å². The Morgan fingerprint density at radius 2 is 1.91 bits per heavy atom.